The molecule has 0 aliphatic heterocycles. The molecule has 0 aliphatic carbocycles. The van der Waals surface area contributed by atoms with Gasteiger partial charge in [0.15, 0.2) is 0 Å². The fourth-order valence-corrected chi connectivity index (χ4v) is 1.89. The number of ether oxygens (including phenoxy) is 1. The van der Waals surface area contributed by atoms with Gasteiger partial charge in [0.25, 0.3) is 5.91 Å². The van der Waals surface area contributed by atoms with E-state index in [1.54, 1.807) is 12.3 Å². The zero-order valence-electron chi connectivity index (χ0n) is 11.2. The average Bonchev–Trinajstić information content (AvgIpc) is 2.77. The molecule has 1 heterocycles. The number of amides is 1. The lowest BCUT2D eigenvalue weighted by Crippen LogP contribution is -2.27. The number of hydrogen-bond acceptors (Lipinski definition) is 3. The molecule has 0 bridgehead atoms. The van der Waals surface area contributed by atoms with Gasteiger partial charge >= 0.3 is 0 Å². The van der Waals surface area contributed by atoms with Gasteiger partial charge in [0.1, 0.15) is 0 Å². The highest BCUT2D eigenvalue weighted by Gasteiger charge is 2.11. The number of nitrogens with one attached hydrogen (secondary N) is 2. The second-order valence-electron chi connectivity index (χ2n) is 4.68. The zero-order valence-corrected chi connectivity index (χ0v) is 11.2. The van der Waals surface area contributed by atoms with Gasteiger partial charge < -0.3 is 20.8 Å². The predicted molar refractivity (Wildman–Crippen MR) is 76.1 cm³/mol. The molecule has 0 saturated heterocycles. The molecule has 0 fully saturated rings. The van der Waals surface area contributed by atoms with Gasteiger partial charge in [-0.2, -0.15) is 0 Å². The van der Waals surface area contributed by atoms with Crippen molar-refractivity contribution in [2.24, 2.45) is 0 Å². The van der Waals surface area contributed by atoms with E-state index in [4.69, 9.17) is 10.5 Å². The van der Waals surface area contributed by atoms with Gasteiger partial charge in [-0.05, 0) is 32.0 Å². The molecule has 102 valence electrons. The molecule has 5 heteroatoms. The van der Waals surface area contributed by atoms with Crippen LogP contribution in [-0.4, -0.2) is 30.1 Å². The largest absolute Gasteiger partial charge is 0.399 e. The summed E-state index contributed by atoms with van der Waals surface area (Å²) in [4.78, 5) is 15.1. The molecule has 0 radical (unpaired) electrons. The van der Waals surface area contributed by atoms with Gasteiger partial charge in [0, 0.05) is 29.3 Å². The molecule has 0 spiro atoms. The van der Waals surface area contributed by atoms with E-state index < -0.39 is 0 Å². The Balaban J connectivity index is 2.01. The van der Waals surface area contributed by atoms with Crippen LogP contribution in [0.3, 0.4) is 0 Å². The van der Waals surface area contributed by atoms with Crippen molar-refractivity contribution in [2.75, 3.05) is 18.9 Å². The lowest BCUT2D eigenvalue weighted by Gasteiger charge is -2.08. The summed E-state index contributed by atoms with van der Waals surface area (Å²) >= 11 is 0. The van der Waals surface area contributed by atoms with Gasteiger partial charge in [0.2, 0.25) is 0 Å². The highest BCUT2D eigenvalue weighted by molar-refractivity contribution is 6.07. The van der Waals surface area contributed by atoms with Crippen molar-refractivity contribution in [3.63, 3.8) is 0 Å². The lowest BCUT2D eigenvalue weighted by molar-refractivity contribution is 0.0747. The summed E-state index contributed by atoms with van der Waals surface area (Å²) in [6.45, 7) is 4.94. The third-order valence-corrected chi connectivity index (χ3v) is 2.79. The molecular formula is C14H19N3O2. The molecule has 1 aromatic carbocycles. The van der Waals surface area contributed by atoms with Crippen LogP contribution in [0.1, 0.15) is 24.2 Å². The quantitative estimate of drug-likeness (QED) is 0.568. The number of fused-ring (bicyclic) bond motifs is 1. The molecule has 0 unspecified atom stereocenters. The number of carbonyl (C=O) groups excluding carboxylic acids is 1. The van der Waals surface area contributed by atoms with Gasteiger partial charge in [-0.25, -0.2) is 0 Å². The summed E-state index contributed by atoms with van der Waals surface area (Å²) in [6.07, 6.45) is 1.87. The Morgan fingerprint density at radius 1 is 1.47 bits per heavy atom. The van der Waals surface area contributed by atoms with Crippen molar-refractivity contribution in [3.05, 3.63) is 30.0 Å². The van der Waals surface area contributed by atoms with Crippen LogP contribution in [0.2, 0.25) is 0 Å². The number of H-pyrrole nitrogens is 1. The molecule has 4 N–H and O–H groups in total. The molecule has 1 amide bonds. The van der Waals surface area contributed by atoms with E-state index >= 15 is 0 Å². The molecule has 0 aliphatic rings. The van der Waals surface area contributed by atoms with Gasteiger partial charge in [-0.3, -0.25) is 4.79 Å². The van der Waals surface area contributed by atoms with Crippen LogP contribution in [0.5, 0.6) is 0 Å². The van der Waals surface area contributed by atoms with E-state index in [1.165, 1.54) is 0 Å². The first-order chi connectivity index (χ1) is 9.08. The van der Waals surface area contributed by atoms with Gasteiger partial charge in [-0.15, -0.1) is 0 Å². The molecule has 0 atom stereocenters. The van der Waals surface area contributed by atoms with E-state index in [0.29, 0.717) is 24.4 Å². The summed E-state index contributed by atoms with van der Waals surface area (Å²) in [5.41, 5.74) is 7.86. The van der Waals surface area contributed by atoms with E-state index in [1.807, 2.05) is 26.0 Å². The Bertz CT molecular complexity index is 575. The highest BCUT2D eigenvalue weighted by Crippen LogP contribution is 2.20. The van der Waals surface area contributed by atoms with E-state index in [0.717, 1.165) is 10.9 Å². The van der Waals surface area contributed by atoms with Crippen molar-refractivity contribution >= 4 is 22.5 Å². The maximum absolute atomic E-state index is 12.0. The molecular weight excluding hydrogens is 242 g/mol. The summed E-state index contributed by atoms with van der Waals surface area (Å²) in [6, 6.07) is 5.45. The lowest BCUT2D eigenvalue weighted by atomic mass is 10.1. The Morgan fingerprint density at radius 3 is 3.00 bits per heavy atom. The number of benzene rings is 1. The molecule has 5 nitrogen and oxygen atoms in total. The van der Waals surface area contributed by atoms with Gasteiger partial charge in [-0.1, -0.05) is 0 Å². The van der Waals surface area contributed by atoms with Crippen LogP contribution in [0.4, 0.5) is 5.69 Å². The number of anilines is 1. The smallest absolute Gasteiger partial charge is 0.253 e. The van der Waals surface area contributed by atoms with Crippen molar-refractivity contribution in [1.82, 2.24) is 10.3 Å². The first-order valence-electron chi connectivity index (χ1n) is 6.34. The fraction of sp³-hybridized carbons (Fsp3) is 0.357. The maximum Gasteiger partial charge on any atom is 0.253 e. The van der Waals surface area contributed by atoms with Crippen LogP contribution in [-0.2, 0) is 4.74 Å². The fourth-order valence-electron chi connectivity index (χ4n) is 1.89. The van der Waals surface area contributed by atoms with E-state index in [9.17, 15) is 4.79 Å². The summed E-state index contributed by atoms with van der Waals surface area (Å²) in [5, 5.41) is 3.70. The summed E-state index contributed by atoms with van der Waals surface area (Å²) < 4.78 is 5.37. The molecule has 19 heavy (non-hydrogen) atoms. The van der Waals surface area contributed by atoms with Crippen LogP contribution < -0.4 is 11.1 Å². The van der Waals surface area contributed by atoms with E-state index in [-0.39, 0.29) is 12.0 Å². The van der Waals surface area contributed by atoms with E-state index in [2.05, 4.69) is 10.3 Å². The summed E-state index contributed by atoms with van der Waals surface area (Å²) in [5.74, 6) is -0.108. The zero-order chi connectivity index (χ0) is 13.8. The van der Waals surface area contributed by atoms with Crippen molar-refractivity contribution in [3.8, 4) is 0 Å². The molecule has 2 rings (SSSR count). The Hall–Kier alpha value is -2.01. The second-order valence-corrected chi connectivity index (χ2v) is 4.68. The second kappa shape index (κ2) is 5.75. The Morgan fingerprint density at radius 2 is 2.26 bits per heavy atom. The minimum absolute atomic E-state index is 0.108. The standard InChI is InChI=1S/C14H19N3O2/c1-9(2)19-6-5-16-14(18)12-8-17-13-7-10(15)3-4-11(12)13/h3-4,7-9,17H,5-6,15H2,1-2H3,(H,16,18). The number of aromatic amines is 1. The summed E-state index contributed by atoms with van der Waals surface area (Å²) in [7, 11) is 0. The monoisotopic (exact) mass is 261 g/mol. The minimum atomic E-state index is -0.108. The average molecular weight is 261 g/mol. The van der Waals surface area contributed by atoms with Crippen molar-refractivity contribution < 1.29 is 9.53 Å². The van der Waals surface area contributed by atoms with Crippen LogP contribution in [0.15, 0.2) is 24.4 Å². The highest BCUT2D eigenvalue weighted by atomic mass is 16.5. The first-order valence-corrected chi connectivity index (χ1v) is 6.34. The van der Waals surface area contributed by atoms with Crippen molar-refractivity contribution in [2.45, 2.75) is 20.0 Å². The third-order valence-electron chi connectivity index (χ3n) is 2.79. The number of carbonyl (C=O) groups is 1. The van der Waals surface area contributed by atoms with Crippen LogP contribution in [0, 0.1) is 0 Å². The first kappa shape index (κ1) is 13.4. The minimum Gasteiger partial charge on any atom is -0.399 e. The Kier molecular flexibility index (Phi) is 4.06. The van der Waals surface area contributed by atoms with Crippen molar-refractivity contribution in [1.29, 1.82) is 0 Å². The number of aromatic nitrogens is 1. The molecule has 0 saturated carbocycles. The SMILES string of the molecule is CC(C)OCCNC(=O)c1c[nH]c2cc(N)ccc12. The predicted octanol–water partition coefficient (Wildman–Crippen LogP) is 1.90. The van der Waals surface area contributed by atoms with Crippen LogP contribution >= 0.6 is 0 Å². The van der Waals surface area contributed by atoms with Crippen LogP contribution in [0.25, 0.3) is 10.9 Å². The number of hydrogen-bond donors (Lipinski definition) is 3. The maximum atomic E-state index is 12.0. The number of nitrogen functional groups attached to an aromatic ring is 1. The van der Waals surface area contributed by atoms with Gasteiger partial charge in [0.05, 0.1) is 18.3 Å². The Labute approximate surface area is 112 Å². The third kappa shape index (κ3) is 3.26. The normalized spacial score (nSPS) is 11.1. The molecule has 2 aromatic rings. The number of rotatable bonds is 5. The molecule has 1 aromatic heterocycles. The topological polar surface area (TPSA) is 80.1 Å². The number of nitrogens with two attached hydrogens (primary N) is 1.